The molecule has 0 spiro atoms. The van der Waals surface area contributed by atoms with E-state index in [1.807, 2.05) is 0 Å². The number of aromatic nitrogens is 2. The van der Waals surface area contributed by atoms with Gasteiger partial charge < -0.3 is 19.1 Å². The second kappa shape index (κ2) is 11.6. The minimum absolute atomic E-state index is 0.166. The van der Waals surface area contributed by atoms with Crippen molar-refractivity contribution in [3.05, 3.63) is 57.7 Å². The number of carbonyl (C=O) groups is 1. The summed E-state index contributed by atoms with van der Waals surface area (Å²) in [5.41, 5.74) is -0.689. The fourth-order valence-corrected chi connectivity index (χ4v) is 5.42. The van der Waals surface area contributed by atoms with Crippen LogP contribution in [0.15, 0.2) is 47.4 Å². The van der Waals surface area contributed by atoms with Crippen molar-refractivity contribution in [2.24, 2.45) is 5.92 Å². The first-order valence-corrected chi connectivity index (χ1v) is 13.1. The number of aliphatic hydroxyl groups is 1. The van der Waals surface area contributed by atoms with Crippen LogP contribution in [-0.4, -0.2) is 57.9 Å². The number of nitrogens with one attached hydrogen (secondary N) is 1. The number of aliphatic hydroxyl groups excluding tert-OH is 1. The minimum atomic E-state index is -4.02. The van der Waals surface area contributed by atoms with Crippen LogP contribution in [0, 0.1) is 10.6 Å². The fraction of sp³-hybridized carbons (Fsp3) is 0.500. The van der Waals surface area contributed by atoms with Crippen molar-refractivity contribution in [1.29, 1.82) is 0 Å². The predicted octanol–water partition coefficient (Wildman–Crippen LogP) is 3.38. The maximum Gasteiger partial charge on any atom is 0.380 e. The van der Waals surface area contributed by atoms with Crippen molar-refractivity contribution in [1.82, 2.24) is 9.55 Å². The zero-order valence-electron chi connectivity index (χ0n) is 19.4. The van der Waals surface area contributed by atoms with E-state index in [0.717, 1.165) is 4.57 Å². The summed E-state index contributed by atoms with van der Waals surface area (Å²) in [6.07, 6.45) is -5.80. The van der Waals surface area contributed by atoms with Crippen molar-refractivity contribution in [2.45, 2.75) is 51.5 Å². The normalized spacial score (nSPS) is 24.6. The molecule has 1 fully saturated rings. The lowest BCUT2D eigenvalue weighted by Crippen LogP contribution is -2.34. The predicted molar refractivity (Wildman–Crippen MR) is 127 cm³/mol. The molecule has 2 unspecified atom stereocenters. The number of halogens is 1. The number of hydrogen-bond donors (Lipinski definition) is 2. The zero-order chi connectivity index (χ0) is 25.8. The van der Waals surface area contributed by atoms with Gasteiger partial charge in [-0.3, -0.25) is 18.9 Å². The van der Waals surface area contributed by atoms with Crippen LogP contribution in [-0.2, 0) is 23.4 Å². The third kappa shape index (κ3) is 7.08. The van der Waals surface area contributed by atoms with Crippen molar-refractivity contribution >= 4 is 25.8 Å². The molecule has 3 rings (SSSR count). The lowest BCUT2D eigenvalue weighted by Gasteiger charge is -2.24. The Morgan fingerprint density at radius 2 is 1.97 bits per heavy atom. The Hall–Kier alpha value is -2.37. The van der Waals surface area contributed by atoms with Crippen LogP contribution >= 0.6 is 19.8 Å². The summed E-state index contributed by atoms with van der Waals surface area (Å²) in [6, 6.07) is 9.57. The Morgan fingerprint density at radius 3 is 2.60 bits per heavy atom. The van der Waals surface area contributed by atoms with Gasteiger partial charge in [-0.15, -0.1) is 0 Å². The van der Waals surface area contributed by atoms with Gasteiger partial charge >= 0.3 is 19.3 Å². The van der Waals surface area contributed by atoms with Crippen LogP contribution in [0.5, 0.6) is 5.75 Å². The highest BCUT2D eigenvalue weighted by atomic mass is 32.1. The maximum atomic E-state index is 14.9. The summed E-state index contributed by atoms with van der Waals surface area (Å²) in [5, 5.41) is 10.3. The van der Waals surface area contributed by atoms with Gasteiger partial charge in [0.2, 0.25) is 0 Å². The van der Waals surface area contributed by atoms with Crippen LogP contribution in [0.2, 0.25) is 0 Å². The molecule has 0 radical (unpaired) electrons. The molecule has 13 heteroatoms. The number of aromatic amines is 1. The Balaban J connectivity index is 1.75. The van der Waals surface area contributed by atoms with Gasteiger partial charge in [0.05, 0.1) is 24.8 Å². The zero-order valence-corrected chi connectivity index (χ0v) is 21.1. The highest BCUT2D eigenvalue weighted by molar-refractivity contribution is 7.71. The standard InChI is InChI=1S/C22H28FN2O8PS/c1-13(2)31-21(27)14(3)12-34(29,33-15-7-5-4-6-8-15)30-11-16-18(23)19(26)20(32-16)25-10-9-17(35)24-22(25)28/h4-10,13-14,16,18-20,26H,11-12H2,1-3H3,(H,24,28,35)/t14-,16-,18+,19?,20-,34?/m1/s1. The topological polar surface area (TPSA) is 129 Å². The van der Waals surface area contributed by atoms with Crippen LogP contribution < -0.4 is 10.2 Å². The van der Waals surface area contributed by atoms with Gasteiger partial charge in [-0.1, -0.05) is 37.3 Å². The van der Waals surface area contributed by atoms with Crippen LogP contribution in [0.25, 0.3) is 0 Å². The Bertz CT molecular complexity index is 1170. The number of hydrogen-bond acceptors (Lipinski definition) is 9. The van der Waals surface area contributed by atoms with Crippen LogP contribution in [0.1, 0.15) is 27.0 Å². The molecule has 1 aliphatic rings. The van der Waals surface area contributed by atoms with E-state index in [1.165, 1.54) is 19.2 Å². The number of rotatable bonds is 10. The van der Waals surface area contributed by atoms with E-state index in [-0.39, 0.29) is 22.7 Å². The molecule has 0 amide bonds. The van der Waals surface area contributed by atoms with Crippen molar-refractivity contribution in [3.63, 3.8) is 0 Å². The Morgan fingerprint density at radius 1 is 1.29 bits per heavy atom. The third-order valence-electron chi connectivity index (χ3n) is 5.09. The van der Waals surface area contributed by atoms with E-state index in [0.29, 0.717) is 0 Å². The number of esters is 1. The smallest absolute Gasteiger partial charge is 0.380 e. The van der Waals surface area contributed by atoms with Gasteiger partial charge in [-0.25, -0.2) is 13.8 Å². The molecular weight excluding hydrogens is 502 g/mol. The molecule has 0 bridgehead atoms. The molecule has 35 heavy (non-hydrogen) atoms. The monoisotopic (exact) mass is 530 g/mol. The first-order valence-electron chi connectivity index (χ1n) is 11.0. The third-order valence-corrected chi connectivity index (χ3v) is 7.35. The van der Waals surface area contributed by atoms with Gasteiger partial charge in [0.1, 0.15) is 22.6 Å². The largest absolute Gasteiger partial charge is 0.463 e. The molecule has 10 nitrogen and oxygen atoms in total. The van der Waals surface area contributed by atoms with Gasteiger partial charge in [0.25, 0.3) is 0 Å². The molecule has 6 atom stereocenters. The molecule has 0 aliphatic carbocycles. The first kappa shape index (κ1) is 27.2. The average molecular weight is 531 g/mol. The maximum absolute atomic E-state index is 14.9. The van der Waals surface area contributed by atoms with E-state index < -0.39 is 56.4 Å². The number of benzene rings is 1. The van der Waals surface area contributed by atoms with E-state index in [4.69, 9.17) is 30.7 Å². The number of H-pyrrole nitrogens is 1. The molecule has 2 heterocycles. The number of carbonyl (C=O) groups excluding carboxylic acids is 1. The second-order valence-corrected chi connectivity index (χ2v) is 10.9. The van der Waals surface area contributed by atoms with Crippen molar-refractivity contribution in [3.8, 4) is 5.75 Å². The second-order valence-electron chi connectivity index (χ2n) is 8.40. The fourth-order valence-electron chi connectivity index (χ4n) is 3.40. The first-order chi connectivity index (χ1) is 16.5. The van der Waals surface area contributed by atoms with Crippen LogP contribution in [0.4, 0.5) is 4.39 Å². The summed E-state index contributed by atoms with van der Waals surface area (Å²) in [5.74, 6) is -1.20. The summed E-state index contributed by atoms with van der Waals surface area (Å²) in [7, 11) is -4.02. The molecular formula is C22H28FN2O8PS. The van der Waals surface area contributed by atoms with E-state index in [9.17, 15) is 23.7 Å². The Kier molecular flexibility index (Phi) is 9.00. The SMILES string of the molecule is CC(C)OC(=O)[C@H](C)CP(=O)(OC[C@H]1O[C@@H](n2ccc(=S)[nH]c2=O)C(O)[C@H]1F)Oc1ccccc1. The highest BCUT2D eigenvalue weighted by Crippen LogP contribution is 2.50. The molecule has 2 N–H and O–H groups in total. The number of ether oxygens (including phenoxy) is 2. The molecule has 0 saturated carbocycles. The molecule has 192 valence electrons. The lowest BCUT2D eigenvalue weighted by molar-refractivity contribution is -0.151. The highest BCUT2D eigenvalue weighted by Gasteiger charge is 2.47. The number of alkyl halides is 1. The average Bonchev–Trinajstić information content (AvgIpc) is 3.06. The molecule has 1 aromatic carbocycles. The molecule has 1 aliphatic heterocycles. The van der Waals surface area contributed by atoms with Gasteiger partial charge in [-0.2, -0.15) is 0 Å². The van der Waals surface area contributed by atoms with Gasteiger partial charge in [0.15, 0.2) is 12.4 Å². The van der Waals surface area contributed by atoms with Gasteiger partial charge in [0, 0.05) is 6.20 Å². The number of para-hydroxylation sites is 1. The van der Waals surface area contributed by atoms with Crippen molar-refractivity contribution < 1.29 is 37.4 Å². The molecule has 2 aromatic rings. The molecule has 1 saturated heterocycles. The molecule has 1 aromatic heterocycles. The summed E-state index contributed by atoms with van der Waals surface area (Å²) in [4.78, 5) is 26.8. The Labute approximate surface area is 206 Å². The summed E-state index contributed by atoms with van der Waals surface area (Å²) < 4.78 is 51.4. The summed E-state index contributed by atoms with van der Waals surface area (Å²) >= 11 is 4.88. The quantitative estimate of drug-likeness (QED) is 0.270. The van der Waals surface area contributed by atoms with E-state index in [2.05, 4.69) is 4.98 Å². The van der Waals surface area contributed by atoms with Crippen molar-refractivity contribution in [2.75, 3.05) is 12.8 Å². The van der Waals surface area contributed by atoms with Crippen LogP contribution in [0.3, 0.4) is 0 Å². The summed E-state index contributed by atoms with van der Waals surface area (Å²) in [6.45, 7) is 4.33. The minimum Gasteiger partial charge on any atom is -0.463 e. The van der Waals surface area contributed by atoms with E-state index in [1.54, 1.807) is 44.2 Å². The lowest BCUT2D eigenvalue weighted by atomic mass is 10.1. The van der Waals surface area contributed by atoms with E-state index >= 15 is 0 Å². The van der Waals surface area contributed by atoms with Gasteiger partial charge in [-0.05, 0) is 32.0 Å². The number of nitrogens with zero attached hydrogens (tertiary/aromatic N) is 1.